The van der Waals surface area contributed by atoms with E-state index in [1.807, 2.05) is 6.26 Å². The number of amides is 1. The number of carboxylic acid groups (broad SMARTS) is 1. The number of carbonyl (C=O) groups is 2. The normalized spacial score (nSPS) is 12.5. The summed E-state index contributed by atoms with van der Waals surface area (Å²) in [4.78, 5) is 23.0. The topological polar surface area (TPSA) is 66.4 Å². The lowest BCUT2D eigenvalue weighted by atomic mass is 10.2. The third-order valence-corrected chi connectivity index (χ3v) is 4.13. The van der Waals surface area contributed by atoms with Crippen LogP contribution in [0.1, 0.15) is 22.2 Å². The van der Waals surface area contributed by atoms with Crippen LogP contribution in [0, 0.1) is 5.92 Å². The molecule has 0 bridgehead atoms. The lowest BCUT2D eigenvalue weighted by molar-refractivity contribution is -0.131. The maximum Gasteiger partial charge on any atom is 0.328 e. The van der Waals surface area contributed by atoms with Gasteiger partial charge in [0.2, 0.25) is 0 Å². The molecule has 0 saturated carbocycles. The molecule has 0 spiro atoms. The molecule has 104 valence electrons. The van der Waals surface area contributed by atoms with Gasteiger partial charge in [0, 0.05) is 22.9 Å². The average Bonchev–Trinajstić information content (AvgIpc) is 2.82. The van der Waals surface area contributed by atoms with Crippen molar-refractivity contribution in [1.82, 2.24) is 5.32 Å². The summed E-state index contributed by atoms with van der Waals surface area (Å²) in [7, 11) is 0. The first-order valence-electron chi connectivity index (χ1n) is 5.79. The molecular weight excluding hydrogens is 282 g/mol. The highest BCUT2D eigenvalue weighted by Gasteiger charge is 2.09. The molecule has 0 radical (unpaired) electrons. The van der Waals surface area contributed by atoms with Gasteiger partial charge in [-0.25, -0.2) is 4.79 Å². The summed E-state index contributed by atoms with van der Waals surface area (Å²) in [5, 5.41) is 13.1. The van der Waals surface area contributed by atoms with Gasteiger partial charge in [0.05, 0.1) is 5.56 Å². The monoisotopic (exact) mass is 299 g/mol. The summed E-state index contributed by atoms with van der Waals surface area (Å²) < 4.78 is 0. The fraction of sp³-hybridized carbons (Fsp3) is 0.385. The van der Waals surface area contributed by atoms with E-state index in [2.05, 4.69) is 12.2 Å². The minimum absolute atomic E-state index is 0.112. The van der Waals surface area contributed by atoms with Crippen molar-refractivity contribution in [2.75, 3.05) is 18.6 Å². The zero-order valence-corrected chi connectivity index (χ0v) is 12.5. The number of hydrogen-bond acceptors (Lipinski definition) is 4. The third kappa shape index (κ3) is 5.94. The van der Waals surface area contributed by atoms with Crippen LogP contribution in [-0.2, 0) is 4.79 Å². The van der Waals surface area contributed by atoms with E-state index in [1.54, 1.807) is 23.2 Å². The minimum atomic E-state index is -0.995. The molecule has 1 aromatic rings. The van der Waals surface area contributed by atoms with Crippen LogP contribution in [0.3, 0.4) is 0 Å². The van der Waals surface area contributed by atoms with Crippen molar-refractivity contribution in [1.29, 1.82) is 0 Å². The second-order valence-corrected chi connectivity index (χ2v) is 6.03. The Morgan fingerprint density at radius 1 is 1.58 bits per heavy atom. The standard InChI is InChI=1S/C13H17NO3S2/c1-9(7-18-2)6-14-13(17)10-5-11(19-8-10)3-4-12(15)16/h3-5,8-9H,6-7H2,1-2H3,(H,14,17)(H,15,16). The van der Waals surface area contributed by atoms with E-state index in [0.29, 0.717) is 18.0 Å². The van der Waals surface area contributed by atoms with E-state index >= 15 is 0 Å². The van der Waals surface area contributed by atoms with Gasteiger partial charge in [-0.05, 0) is 30.1 Å². The number of nitrogens with one attached hydrogen (secondary N) is 1. The number of rotatable bonds is 7. The lowest BCUT2D eigenvalue weighted by Crippen LogP contribution is -2.28. The van der Waals surface area contributed by atoms with Crippen molar-refractivity contribution in [2.24, 2.45) is 5.92 Å². The molecule has 0 saturated heterocycles. The Morgan fingerprint density at radius 3 is 2.95 bits per heavy atom. The number of carbonyl (C=O) groups excluding carboxylic acids is 1. The van der Waals surface area contributed by atoms with E-state index in [4.69, 9.17) is 5.11 Å². The van der Waals surface area contributed by atoms with Crippen LogP contribution in [-0.4, -0.2) is 35.5 Å². The zero-order valence-electron chi connectivity index (χ0n) is 10.9. The molecule has 1 heterocycles. The number of hydrogen-bond donors (Lipinski definition) is 2. The first-order valence-corrected chi connectivity index (χ1v) is 8.07. The molecule has 4 nitrogen and oxygen atoms in total. The van der Waals surface area contributed by atoms with E-state index in [1.165, 1.54) is 17.4 Å². The maximum absolute atomic E-state index is 11.9. The van der Waals surface area contributed by atoms with Gasteiger partial charge in [-0.1, -0.05) is 6.92 Å². The van der Waals surface area contributed by atoms with Crippen molar-refractivity contribution in [3.05, 3.63) is 28.0 Å². The maximum atomic E-state index is 11.9. The molecule has 1 aromatic heterocycles. The summed E-state index contributed by atoms with van der Waals surface area (Å²) in [6.45, 7) is 2.74. The van der Waals surface area contributed by atoms with Crippen LogP contribution in [0.4, 0.5) is 0 Å². The van der Waals surface area contributed by atoms with Crippen molar-refractivity contribution >= 4 is 41.1 Å². The Morgan fingerprint density at radius 2 is 2.32 bits per heavy atom. The first kappa shape index (κ1) is 15.8. The van der Waals surface area contributed by atoms with Crippen LogP contribution in [0.25, 0.3) is 6.08 Å². The molecule has 1 unspecified atom stereocenters. The highest BCUT2D eigenvalue weighted by atomic mass is 32.2. The molecule has 1 rings (SSSR count). The van der Waals surface area contributed by atoms with Crippen LogP contribution >= 0.6 is 23.1 Å². The predicted molar refractivity (Wildman–Crippen MR) is 80.9 cm³/mol. The van der Waals surface area contributed by atoms with Crippen LogP contribution < -0.4 is 5.32 Å². The summed E-state index contributed by atoms with van der Waals surface area (Å²) in [5.41, 5.74) is 0.575. The van der Waals surface area contributed by atoms with Crippen molar-refractivity contribution in [3.8, 4) is 0 Å². The second kappa shape index (κ2) is 8.01. The Kier molecular flexibility index (Phi) is 6.66. The molecule has 19 heavy (non-hydrogen) atoms. The molecule has 6 heteroatoms. The number of thiophene rings is 1. The van der Waals surface area contributed by atoms with E-state index in [-0.39, 0.29) is 5.91 Å². The molecule has 0 aromatic carbocycles. The molecule has 0 fully saturated rings. The highest BCUT2D eigenvalue weighted by Crippen LogP contribution is 2.16. The summed E-state index contributed by atoms with van der Waals surface area (Å²) in [5.74, 6) is 0.338. The Labute approximate surface area is 120 Å². The minimum Gasteiger partial charge on any atom is -0.478 e. The van der Waals surface area contributed by atoms with Gasteiger partial charge in [0.1, 0.15) is 0 Å². The van der Waals surface area contributed by atoms with Crippen LogP contribution in [0.5, 0.6) is 0 Å². The van der Waals surface area contributed by atoms with Crippen molar-refractivity contribution in [3.63, 3.8) is 0 Å². The fourth-order valence-corrected chi connectivity index (χ4v) is 2.89. The van der Waals surface area contributed by atoms with E-state index in [0.717, 1.165) is 16.7 Å². The molecule has 0 aliphatic heterocycles. The van der Waals surface area contributed by atoms with Gasteiger partial charge in [-0.2, -0.15) is 11.8 Å². The van der Waals surface area contributed by atoms with Crippen LogP contribution in [0.15, 0.2) is 17.5 Å². The quantitative estimate of drug-likeness (QED) is 0.759. The first-order chi connectivity index (χ1) is 9.02. The Bertz CT molecular complexity index is 468. The summed E-state index contributed by atoms with van der Waals surface area (Å²) in [6, 6.07) is 1.69. The van der Waals surface area contributed by atoms with Gasteiger partial charge in [-0.15, -0.1) is 11.3 Å². The Hall–Kier alpha value is -1.27. The summed E-state index contributed by atoms with van der Waals surface area (Å²) >= 11 is 3.11. The second-order valence-electron chi connectivity index (χ2n) is 4.18. The molecule has 2 N–H and O–H groups in total. The SMILES string of the molecule is CSCC(C)CNC(=O)c1csc(C=CC(=O)O)c1. The number of aliphatic carboxylic acids is 1. The van der Waals surface area contributed by atoms with E-state index in [9.17, 15) is 9.59 Å². The van der Waals surface area contributed by atoms with Gasteiger partial charge in [-0.3, -0.25) is 4.79 Å². The zero-order chi connectivity index (χ0) is 14.3. The van der Waals surface area contributed by atoms with E-state index < -0.39 is 5.97 Å². The largest absolute Gasteiger partial charge is 0.478 e. The Balaban J connectivity index is 2.51. The highest BCUT2D eigenvalue weighted by molar-refractivity contribution is 7.98. The van der Waals surface area contributed by atoms with Gasteiger partial charge in [0.15, 0.2) is 0 Å². The van der Waals surface area contributed by atoms with Gasteiger partial charge in [0.25, 0.3) is 5.91 Å². The number of carboxylic acids is 1. The molecule has 1 amide bonds. The van der Waals surface area contributed by atoms with Crippen molar-refractivity contribution in [2.45, 2.75) is 6.92 Å². The molecule has 1 atom stereocenters. The lowest BCUT2D eigenvalue weighted by Gasteiger charge is -2.10. The van der Waals surface area contributed by atoms with Gasteiger partial charge >= 0.3 is 5.97 Å². The summed E-state index contributed by atoms with van der Waals surface area (Å²) in [6.07, 6.45) is 4.59. The third-order valence-electron chi connectivity index (χ3n) is 2.33. The predicted octanol–water partition coefficient (Wildman–Crippen LogP) is 2.57. The smallest absolute Gasteiger partial charge is 0.328 e. The molecular formula is C13H17NO3S2. The molecule has 0 aliphatic carbocycles. The fourth-order valence-electron chi connectivity index (χ4n) is 1.43. The average molecular weight is 299 g/mol. The molecule has 0 aliphatic rings. The van der Waals surface area contributed by atoms with Gasteiger partial charge < -0.3 is 10.4 Å². The van der Waals surface area contributed by atoms with Crippen molar-refractivity contribution < 1.29 is 14.7 Å². The number of thioether (sulfide) groups is 1. The van der Waals surface area contributed by atoms with Crippen LogP contribution in [0.2, 0.25) is 0 Å².